The Morgan fingerprint density at radius 1 is 1.09 bits per heavy atom. The first-order chi connectivity index (χ1) is 11.0. The third kappa shape index (κ3) is 5.32. The lowest BCUT2D eigenvalue weighted by Gasteiger charge is -2.22. The molecule has 0 aliphatic heterocycles. The molecule has 23 heavy (non-hydrogen) atoms. The Morgan fingerprint density at radius 3 is 2.22 bits per heavy atom. The summed E-state index contributed by atoms with van der Waals surface area (Å²) in [5.41, 5.74) is 1.75. The highest BCUT2D eigenvalue weighted by Gasteiger charge is 2.35. The van der Waals surface area contributed by atoms with Crippen molar-refractivity contribution in [2.75, 3.05) is 6.16 Å². The molecule has 1 unspecified atom stereocenters. The Balaban J connectivity index is 2.18. The molecule has 5 nitrogen and oxygen atoms in total. The van der Waals surface area contributed by atoms with E-state index < -0.39 is 25.5 Å². The number of nitrogens with two attached hydrogens (primary N) is 1. The fourth-order valence-corrected chi connectivity index (χ4v) is 4.29. The van der Waals surface area contributed by atoms with Crippen molar-refractivity contribution in [3.8, 4) is 0 Å². The molecule has 0 heterocycles. The van der Waals surface area contributed by atoms with E-state index in [0.717, 1.165) is 5.56 Å². The Bertz CT molecular complexity index is 676. The Labute approximate surface area is 135 Å². The minimum Gasteiger partial charge on any atom is -0.550 e. The van der Waals surface area contributed by atoms with Crippen LogP contribution in [0.25, 0.3) is 0 Å². The van der Waals surface area contributed by atoms with Crippen molar-refractivity contribution in [2.45, 2.75) is 18.7 Å². The number of carboxylic acid groups (broad SMARTS) is 1. The molecule has 0 radical (unpaired) electrons. The molecule has 6 heteroatoms. The number of aliphatic carboxylic acids is 1. The van der Waals surface area contributed by atoms with Crippen LogP contribution in [0.2, 0.25) is 0 Å². The first kappa shape index (κ1) is 17.4. The highest BCUT2D eigenvalue weighted by Crippen LogP contribution is 2.52. The van der Waals surface area contributed by atoms with Crippen LogP contribution in [0.5, 0.6) is 0 Å². The van der Waals surface area contributed by atoms with E-state index in [4.69, 9.17) is 0 Å². The number of carbonyl (C=O) groups is 1. The van der Waals surface area contributed by atoms with Crippen molar-refractivity contribution in [1.82, 2.24) is 0 Å². The predicted octanol–water partition coefficient (Wildman–Crippen LogP) is 0.859. The zero-order chi connectivity index (χ0) is 16.7. The number of hydrogen-bond acceptors (Lipinski definition) is 3. The van der Waals surface area contributed by atoms with Gasteiger partial charge < -0.3 is 20.1 Å². The summed E-state index contributed by atoms with van der Waals surface area (Å²) in [5.74, 6) is -2.00. The molecule has 2 rings (SSSR count). The molecule has 2 aromatic rings. The highest BCUT2D eigenvalue weighted by atomic mass is 31.2. The lowest BCUT2D eigenvalue weighted by atomic mass is 10.2. The van der Waals surface area contributed by atoms with E-state index in [1.807, 2.05) is 36.4 Å². The van der Waals surface area contributed by atoms with Gasteiger partial charge in [-0.2, -0.15) is 0 Å². The van der Waals surface area contributed by atoms with Crippen LogP contribution in [0.15, 0.2) is 60.7 Å². The average Bonchev–Trinajstić information content (AvgIpc) is 2.55. The van der Waals surface area contributed by atoms with Crippen LogP contribution in [-0.2, 0) is 15.9 Å². The maximum atomic E-state index is 12.7. The summed E-state index contributed by atoms with van der Waals surface area (Å²) in [4.78, 5) is 21.0. The number of carboxylic acids is 1. The molecule has 0 spiro atoms. The first-order valence-corrected chi connectivity index (χ1v) is 9.34. The van der Waals surface area contributed by atoms with Gasteiger partial charge in [0.25, 0.3) is 7.37 Å². The Hall–Kier alpha value is -1.94. The second-order valence-corrected chi connectivity index (χ2v) is 7.90. The first-order valence-electron chi connectivity index (χ1n) is 7.42. The fraction of sp³-hybridized carbons (Fsp3) is 0.235. The van der Waals surface area contributed by atoms with Crippen molar-refractivity contribution in [3.63, 3.8) is 0 Å². The second-order valence-electron chi connectivity index (χ2n) is 5.38. The van der Waals surface area contributed by atoms with E-state index in [2.05, 4.69) is 0 Å². The molecule has 2 aromatic carbocycles. The SMILES string of the molecule is O=C([O-])CCP(=O)(O)[C@@H]([NH2+]Cc1ccccc1)c1ccccc1. The zero-order valence-corrected chi connectivity index (χ0v) is 13.6. The summed E-state index contributed by atoms with van der Waals surface area (Å²) < 4.78 is 12.7. The standard InChI is InChI=1S/C17H20NO4P/c19-16(20)11-12-23(21,22)17(15-9-5-2-6-10-15)18-13-14-7-3-1-4-8-14/h1-10,17-18H,11-13H2,(H,19,20)(H,21,22)/t17-/m1/s1. The molecule has 0 saturated carbocycles. The molecule has 0 aromatic heterocycles. The summed E-state index contributed by atoms with van der Waals surface area (Å²) in [5, 5.41) is 12.4. The third-order valence-electron chi connectivity index (χ3n) is 3.63. The molecule has 122 valence electrons. The molecule has 3 N–H and O–H groups in total. The molecule has 0 aliphatic rings. The van der Waals surface area contributed by atoms with Crippen molar-refractivity contribution >= 4 is 13.3 Å². The van der Waals surface area contributed by atoms with Gasteiger partial charge in [0.1, 0.15) is 6.54 Å². The largest absolute Gasteiger partial charge is 0.550 e. The smallest absolute Gasteiger partial charge is 0.261 e. The Morgan fingerprint density at radius 2 is 1.65 bits per heavy atom. The van der Waals surface area contributed by atoms with Gasteiger partial charge >= 0.3 is 0 Å². The van der Waals surface area contributed by atoms with Crippen LogP contribution in [0.1, 0.15) is 23.3 Å². The molecule has 0 bridgehead atoms. The molecule has 2 atom stereocenters. The number of quaternary nitrogens is 1. The quantitative estimate of drug-likeness (QED) is 0.701. The van der Waals surface area contributed by atoms with Gasteiger partial charge in [-0.25, -0.2) is 0 Å². The van der Waals surface area contributed by atoms with E-state index in [1.54, 1.807) is 29.6 Å². The van der Waals surface area contributed by atoms with Crippen LogP contribution in [0, 0.1) is 0 Å². The maximum Gasteiger partial charge on any atom is 0.261 e. The van der Waals surface area contributed by atoms with Crippen molar-refractivity contribution in [3.05, 3.63) is 71.8 Å². The van der Waals surface area contributed by atoms with Gasteiger partial charge in [-0.1, -0.05) is 60.7 Å². The van der Waals surface area contributed by atoms with Crippen molar-refractivity contribution in [2.24, 2.45) is 0 Å². The summed E-state index contributed by atoms with van der Waals surface area (Å²) in [6.45, 7) is 0.538. The third-order valence-corrected chi connectivity index (χ3v) is 5.87. The number of carbonyl (C=O) groups excluding carboxylic acids is 1. The summed E-state index contributed by atoms with van der Waals surface area (Å²) in [7, 11) is -3.69. The molecule has 0 amide bonds. The van der Waals surface area contributed by atoms with Gasteiger partial charge in [0.05, 0.1) is 0 Å². The summed E-state index contributed by atoms with van der Waals surface area (Å²) in [6, 6.07) is 18.6. The van der Waals surface area contributed by atoms with Crippen molar-refractivity contribution < 1.29 is 24.7 Å². The summed E-state index contributed by atoms with van der Waals surface area (Å²) in [6.07, 6.45) is -0.712. The zero-order valence-electron chi connectivity index (χ0n) is 12.7. The molecule has 0 aliphatic carbocycles. The Kier molecular flexibility index (Phi) is 6.11. The van der Waals surface area contributed by atoms with Crippen LogP contribution in [0.4, 0.5) is 0 Å². The van der Waals surface area contributed by atoms with Gasteiger partial charge in [0.15, 0.2) is 5.78 Å². The lowest BCUT2D eigenvalue weighted by Crippen LogP contribution is -2.83. The number of benzene rings is 2. The van der Waals surface area contributed by atoms with Gasteiger partial charge in [0, 0.05) is 23.3 Å². The second kappa shape index (κ2) is 8.06. The highest BCUT2D eigenvalue weighted by molar-refractivity contribution is 7.58. The van der Waals surface area contributed by atoms with Crippen LogP contribution >= 0.6 is 7.37 Å². The number of rotatable bonds is 8. The minimum absolute atomic E-state index is 0.291. The van der Waals surface area contributed by atoms with Gasteiger partial charge in [-0.15, -0.1) is 0 Å². The van der Waals surface area contributed by atoms with Crippen LogP contribution in [-0.4, -0.2) is 17.0 Å². The monoisotopic (exact) mass is 333 g/mol. The van der Waals surface area contributed by atoms with E-state index in [9.17, 15) is 19.4 Å². The maximum absolute atomic E-state index is 12.7. The van der Waals surface area contributed by atoms with Crippen molar-refractivity contribution in [1.29, 1.82) is 0 Å². The van der Waals surface area contributed by atoms with Gasteiger partial charge in [-0.05, 0) is 6.42 Å². The number of hydrogen-bond donors (Lipinski definition) is 2. The topological polar surface area (TPSA) is 94.0 Å². The van der Waals surface area contributed by atoms with Gasteiger partial charge in [-0.3, -0.25) is 4.57 Å². The summed E-state index contributed by atoms with van der Waals surface area (Å²) >= 11 is 0. The molecule has 0 saturated heterocycles. The normalized spacial score (nSPS) is 14.8. The predicted molar refractivity (Wildman–Crippen MR) is 85.6 cm³/mol. The minimum atomic E-state index is -3.69. The van der Waals surface area contributed by atoms with E-state index >= 15 is 0 Å². The molecule has 0 fully saturated rings. The van der Waals surface area contributed by atoms with E-state index in [1.165, 1.54) is 0 Å². The fourth-order valence-electron chi connectivity index (χ4n) is 2.44. The van der Waals surface area contributed by atoms with Crippen LogP contribution in [0.3, 0.4) is 0 Å². The molecular formula is C17H20NO4P. The van der Waals surface area contributed by atoms with E-state index in [-0.39, 0.29) is 6.16 Å². The van der Waals surface area contributed by atoms with Gasteiger partial charge in [0.2, 0.25) is 0 Å². The van der Waals surface area contributed by atoms with Crippen LogP contribution < -0.4 is 10.4 Å². The van der Waals surface area contributed by atoms with E-state index in [0.29, 0.717) is 12.1 Å². The average molecular weight is 333 g/mol. The molecular weight excluding hydrogens is 313 g/mol. The lowest BCUT2D eigenvalue weighted by molar-refractivity contribution is -0.692.